The summed E-state index contributed by atoms with van der Waals surface area (Å²) in [6.45, 7) is 2.12. The van der Waals surface area contributed by atoms with Crippen molar-refractivity contribution in [3.05, 3.63) is 74.8 Å². The quantitative estimate of drug-likeness (QED) is 0.363. The van der Waals surface area contributed by atoms with Gasteiger partial charge in [-0.25, -0.2) is 4.98 Å². The Labute approximate surface area is 192 Å². The second-order valence-corrected chi connectivity index (χ2v) is 9.59. The fourth-order valence-corrected chi connectivity index (χ4v) is 4.82. The Morgan fingerprint density at radius 2 is 1.97 bits per heavy atom. The average Bonchev–Trinajstić information content (AvgIpc) is 3.55. The minimum absolute atomic E-state index is 0.0410. The van der Waals surface area contributed by atoms with Crippen LogP contribution in [0, 0.1) is 23.0 Å². The topological polar surface area (TPSA) is 114 Å². The first-order valence-corrected chi connectivity index (χ1v) is 11.6. The molecule has 1 saturated carbocycles. The van der Waals surface area contributed by atoms with E-state index in [1.54, 1.807) is 24.3 Å². The van der Waals surface area contributed by atoms with E-state index in [-0.39, 0.29) is 29.6 Å². The van der Waals surface area contributed by atoms with Gasteiger partial charge < -0.3 is 10.6 Å². The monoisotopic (exact) mass is 468 g/mol. The van der Waals surface area contributed by atoms with Gasteiger partial charge >= 0.3 is 0 Å². The number of nitrogens with zero attached hydrogens (tertiary/aromatic N) is 2. The SMILES string of the molecule is Cc1csc(Sc2ccc(C(=O)NCc3ccc(NC(=O)C4CC4)cc3)cc2[N+](=O)[O-])n1. The number of nitro benzene ring substituents is 1. The lowest BCUT2D eigenvalue weighted by Gasteiger charge is -2.08. The highest BCUT2D eigenvalue weighted by molar-refractivity contribution is 8.01. The van der Waals surface area contributed by atoms with Crippen LogP contribution in [0.2, 0.25) is 0 Å². The van der Waals surface area contributed by atoms with Crippen LogP contribution in [0.15, 0.2) is 57.1 Å². The number of nitro groups is 1. The zero-order valence-corrected chi connectivity index (χ0v) is 18.8. The van der Waals surface area contributed by atoms with Gasteiger partial charge in [0.15, 0.2) is 4.34 Å². The molecule has 1 aliphatic carbocycles. The van der Waals surface area contributed by atoms with Crippen LogP contribution < -0.4 is 10.6 Å². The number of hydrogen-bond donors (Lipinski definition) is 2. The molecule has 4 rings (SSSR count). The molecule has 0 saturated heterocycles. The molecule has 1 fully saturated rings. The van der Waals surface area contributed by atoms with Crippen LogP contribution in [0.1, 0.15) is 34.5 Å². The molecule has 2 aromatic carbocycles. The van der Waals surface area contributed by atoms with Crippen molar-refractivity contribution in [2.24, 2.45) is 5.92 Å². The van der Waals surface area contributed by atoms with Crippen molar-refractivity contribution >= 4 is 46.3 Å². The number of anilines is 1. The highest BCUT2D eigenvalue weighted by Crippen LogP contribution is 2.36. The molecular formula is C22H20N4O4S2. The van der Waals surface area contributed by atoms with Crippen molar-refractivity contribution in [3.63, 3.8) is 0 Å². The predicted molar refractivity (Wildman–Crippen MR) is 123 cm³/mol. The van der Waals surface area contributed by atoms with Gasteiger partial charge in [-0.15, -0.1) is 11.3 Å². The van der Waals surface area contributed by atoms with Crippen molar-refractivity contribution in [3.8, 4) is 0 Å². The molecule has 1 aliphatic rings. The maximum atomic E-state index is 12.6. The van der Waals surface area contributed by atoms with Gasteiger partial charge in [-0.1, -0.05) is 23.9 Å². The second-order valence-electron chi connectivity index (χ2n) is 7.44. The molecule has 10 heteroatoms. The Morgan fingerprint density at radius 3 is 2.59 bits per heavy atom. The van der Waals surface area contributed by atoms with Crippen LogP contribution in [-0.2, 0) is 11.3 Å². The molecule has 0 radical (unpaired) electrons. The normalized spacial score (nSPS) is 12.9. The molecule has 3 aromatic rings. The van der Waals surface area contributed by atoms with Crippen molar-refractivity contribution in [2.75, 3.05) is 5.32 Å². The summed E-state index contributed by atoms with van der Waals surface area (Å²) in [7, 11) is 0. The number of aryl methyl sites for hydroxylation is 1. The lowest BCUT2D eigenvalue weighted by Crippen LogP contribution is -2.23. The Kier molecular flexibility index (Phi) is 6.52. The van der Waals surface area contributed by atoms with Gasteiger partial charge in [-0.2, -0.15) is 0 Å². The molecule has 8 nitrogen and oxygen atoms in total. The molecule has 0 bridgehead atoms. The largest absolute Gasteiger partial charge is 0.348 e. The number of thiazole rings is 1. The Bertz CT molecular complexity index is 1170. The fraction of sp³-hybridized carbons (Fsp3) is 0.227. The summed E-state index contributed by atoms with van der Waals surface area (Å²) >= 11 is 2.63. The summed E-state index contributed by atoms with van der Waals surface area (Å²) in [5.41, 5.74) is 2.50. The van der Waals surface area contributed by atoms with Crippen molar-refractivity contribution in [1.29, 1.82) is 0 Å². The van der Waals surface area contributed by atoms with E-state index in [4.69, 9.17) is 0 Å². The van der Waals surface area contributed by atoms with Crippen LogP contribution in [0.3, 0.4) is 0 Å². The highest BCUT2D eigenvalue weighted by Gasteiger charge is 2.29. The van der Waals surface area contributed by atoms with Gasteiger partial charge in [0, 0.05) is 40.9 Å². The standard InChI is InChI=1S/C22H20N4O4S2/c1-13-12-31-22(24-13)32-19-9-6-16(10-18(19)26(29)30)20(27)23-11-14-2-7-17(8-3-14)25-21(28)15-4-5-15/h2-3,6-10,12,15H,4-5,11H2,1H3,(H,23,27)(H,25,28). The van der Waals surface area contributed by atoms with Crippen molar-refractivity contribution in [1.82, 2.24) is 10.3 Å². The lowest BCUT2D eigenvalue weighted by atomic mass is 10.1. The van der Waals surface area contributed by atoms with E-state index in [0.717, 1.165) is 29.8 Å². The zero-order chi connectivity index (χ0) is 22.7. The number of nitrogens with one attached hydrogen (secondary N) is 2. The summed E-state index contributed by atoms with van der Waals surface area (Å²) < 4.78 is 0.708. The molecule has 1 aromatic heterocycles. The smallest absolute Gasteiger partial charge is 0.284 e. The van der Waals surface area contributed by atoms with E-state index in [0.29, 0.717) is 9.24 Å². The maximum Gasteiger partial charge on any atom is 0.284 e. The van der Waals surface area contributed by atoms with Gasteiger partial charge in [0.05, 0.1) is 9.82 Å². The number of benzene rings is 2. The van der Waals surface area contributed by atoms with E-state index >= 15 is 0 Å². The van der Waals surface area contributed by atoms with Crippen LogP contribution in [0.5, 0.6) is 0 Å². The Morgan fingerprint density at radius 1 is 1.22 bits per heavy atom. The zero-order valence-electron chi connectivity index (χ0n) is 17.2. The van der Waals surface area contributed by atoms with E-state index in [1.165, 1.54) is 29.2 Å². The minimum atomic E-state index is -0.492. The van der Waals surface area contributed by atoms with Gasteiger partial charge in [0.25, 0.3) is 11.6 Å². The summed E-state index contributed by atoms with van der Waals surface area (Å²) in [6, 6.07) is 11.7. The third-order valence-corrected chi connectivity index (χ3v) is 6.96. The second kappa shape index (κ2) is 9.49. The number of hydrogen-bond acceptors (Lipinski definition) is 7. The number of carbonyl (C=O) groups excluding carboxylic acids is 2. The average molecular weight is 469 g/mol. The molecule has 2 amide bonds. The molecule has 0 spiro atoms. The molecule has 32 heavy (non-hydrogen) atoms. The highest BCUT2D eigenvalue weighted by atomic mass is 32.2. The van der Waals surface area contributed by atoms with Gasteiger partial charge in [-0.05, 0) is 49.6 Å². The van der Waals surface area contributed by atoms with Crippen LogP contribution in [0.25, 0.3) is 0 Å². The number of carbonyl (C=O) groups is 2. The molecule has 1 heterocycles. The Hall–Kier alpha value is -3.24. The van der Waals surface area contributed by atoms with Gasteiger partial charge in [0.1, 0.15) is 0 Å². The molecule has 0 atom stereocenters. The molecule has 164 valence electrons. The first kappa shape index (κ1) is 22.0. The fourth-order valence-electron chi connectivity index (χ4n) is 2.94. The summed E-state index contributed by atoms with van der Waals surface area (Å²) in [6.07, 6.45) is 1.89. The van der Waals surface area contributed by atoms with Gasteiger partial charge in [-0.3, -0.25) is 19.7 Å². The first-order valence-electron chi connectivity index (χ1n) is 9.95. The number of aromatic nitrogens is 1. The van der Waals surface area contributed by atoms with Crippen LogP contribution in [0.4, 0.5) is 11.4 Å². The van der Waals surface area contributed by atoms with Gasteiger partial charge in [0.2, 0.25) is 5.91 Å². The molecule has 2 N–H and O–H groups in total. The number of amides is 2. The molecule has 0 aliphatic heterocycles. The Balaban J connectivity index is 1.38. The van der Waals surface area contributed by atoms with E-state index in [1.807, 2.05) is 24.4 Å². The van der Waals surface area contributed by atoms with E-state index in [2.05, 4.69) is 15.6 Å². The summed E-state index contributed by atoms with van der Waals surface area (Å²) in [5, 5.41) is 19.1. The van der Waals surface area contributed by atoms with Crippen LogP contribution >= 0.6 is 23.1 Å². The lowest BCUT2D eigenvalue weighted by molar-refractivity contribution is -0.387. The van der Waals surface area contributed by atoms with Crippen molar-refractivity contribution in [2.45, 2.75) is 35.5 Å². The molecule has 0 unspecified atom stereocenters. The summed E-state index contributed by atoms with van der Waals surface area (Å²) in [4.78, 5) is 40.2. The first-order chi connectivity index (χ1) is 15.4. The maximum absolute atomic E-state index is 12.6. The van der Waals surface area contributed by atoms with Crippen molar-refractivity contribution < 1.29 is 14.5 Å². The minimum Gasteiger partial charge on any atom is -0.348 e. The summed E-state index contributed by atoms with van der Waals surface area (Å²) in [5.74, 6) is -0.228. The van der Waals surface area contributed by atoms with E-state index < -0.39 is 10.8 Å². The third-order valence-electron chi connectivity index (χ3n) is 4.84. The van der Waals surface area contributed by atoms with E-state index in [9.17, 15) is 19.7 Å². The third kappa shape index (κ3) is 5.51. The predicted octanol–water partition coefficient (Wildman–Crippen LogP) is 4.79. The van der Waals surface area contributed by atoms with Crippen LogP contribution in [-0.4, -0.2) is 21.7 Å². The molecular weight excluding hydrogens is 448 g/mol. The number of rotatable bonds is 8.